The zero-order chi connectivity index (χ0) is 17.4. The predicted molar refractivity (Wildman–Crippen MR) is 93.8 cm³/mol. The van der Waals surface area contributed by atoms with Gasteiger partial charge in [0.15, 0.2) is 0 Å². The Bertz CT molecular complexity index is 965. The Morgan fingerprint density at radius 2 is 1.44 bits per heavy atom. The van der Waals surface area contributed by atoms with Crippen LogP contribution in [0.1, 0.15) is 27.0 Å². The van der Waals surface area contributed by atoms with E-state index < -0.39 is 5.54 Å². The van der Waals surface area contributed by atoms with Gasteiger partial charge in [0, 0.05) is 5.56 Å². The van der Waals surface area contributed by atoms with Crippen molar-refractivity contribution in [1.29, 1.82) is 0 Å². The Kier molecular flexibility index (Phi) is 3.35. The van der Waals surface area contributed by atoms with Gasteiger partial charge in [-0.05, 0) is 52.2 Å². The highest BCUT2D eigenvalue weighted by Crippen LogP contribution is 2.43. The number of phenols is 1. The zero-order valence-corrected chi connectivity index (χ0v) is 13.1. The van der Waals surface area contributed by atoms with Gasteiger partial charge in [0.1, 0.15) is 17.0 Å². The third-order valence-corrected chi connectivity index (χ3v) is 4.58. The van der Waals surface area contributed by atoms with Crippen LogP contribution in [0.15, 0.2) is 78.0 Å². The smallest absolute Gasteiger partial charge is 0.252 e. The number of rotatable bonds is 3. The van der Waals surface area contributed by atoms with Crippen LogP contribution < -0.4 is 5.32 Å². The van der Waals surface area contributed by atoms with Crippen LogP contribution in [0.3, 0.4) is 0 Å². The molecule has 2 N–H and O–H groups in total. The molecule has 0 saturated heterocycles. The summed E-state index contributed by atoms with van der Waals surface area (Å²) in [5, 5.41) is 15.7. The standard InChI is InChI=1S/C20H14N2O3/c23-16-11-7-14(8-12-16)20(13-5-9-15(22-25)10-6-13)18-4-2-1-3-17(18)19(24)21-20/h1-12,23H,(H,21,24). The van der Waals surface area contributed by atoms with Gasteiger partial charge in [0.2, 0.25) is 0 Å². The highest BCUT2D eigenvalue weighted by atomic mass is 16.3. The van der Waals surface area contributed by atoms with E-state index in [1.54, 1.807) is 54.6 Å². The van der Waals surface area contributed by atoms with Crippen molar-refractivity contribution in [1.82, 2.24) is 5.32 Å². The van der Waals surface area contributed by atoms with E-state index in [0.717, 1.165) is 16.7 Å². The molecule has 0 radical (unpaired) electrons. The minimum atomic E-state index is -0.886. The summed E-state index contributed by atoms with van der Waals surface area (Å²) in [6, 6.07) is 21.0. The van der Waals surface area contributed by atoms with Gasteiger partial charge < -0.3 is 10.4 Å². The number of phenolic OH excluding ortho intramolecular Hbond substituents is 1. The lowest BCUT2D eigenvalue weighted by atomic mass is 9.78. The van der Waals surface area contributed by atoms with Crippen LogP contribution in [0.4, 0.5) is 5.69 Å². The maximum absolute atomic E-state index is 12.6. The Hall–Kier alpha value is -3.47. The van der Waals surface area contributed by atoms with Gasteiger partial charge in [-0.15, -0.1) is 4.91 Å². The average Bonchev–Trinajstić information content (AvgIpc) is 2.96. The summed E-state index contributed by atoms with van der Waals surface area (Å²) in [6.07, 6.45) is 0. The molecule has 4 rings (SSSR count). The van der Waals surface area contributed by atoms with Gasteiger partial charge in [0.25, 0.3) is 5.91 Å². The summed E-state index contributed by atoms with van der Waals surface area (Å²) in [4.78, 5) is 23.3. The van der Waals surface area contributed by atoms with Crippen molar-refractivity contribution >= 4 is 11.6 Å². The minimum Gasteiger partial charge on any atom is -0.508 e. The fraction of sp³-hybridized carbons (Fsp3) is 0.0500. The van der Waals surface area contributed by atoms with Crippen molar-refractivity contribution in [2.75, 3.05) is 0 Å². The van der Waals surface area contributed by atoms with Gasteiger partial charge in [-0.3, -0.25) is 4.79 Å². The number of nitroso groups, excluding NO2 is 1. The van der Waals surface area contributed by atoms with Crippen LogP contribution in [0.2, 0.25) is 0 Å². The number of nitrogens with one attached hydrogen (secondary N) is 1. The first kappa shape index (κ1) is 15.1. The lowest BCUT2D eigenvalue weighted by Crippen LogP contribution is -2.41. The van der Waals surface area contributed by atoms with Crippen LogP contribution in [0.5, 0.6) is 5.75 Å². The molecule has 25 heavy (non-hydrogen) atoms. The quantitative estimate of drug-likeness (QED) is 0.716. The molecule has 0 saturated carbocycles. The van der Waals surface area contributed by atoms with E-state index in [1.807, 2.05) is 18.2 Å². The fourth-order valence-electron chi connectivity index (χ4n) is 3.42. The lowest BCUT2D eigenvalue weighted by molar-refractivity contribution is 0.0948. The van der Waals surface area contributed by atoms with Gasteiger partial charge in [-0.25, -0.2) is 0 Å². The summed E-state index contributed by atoms with van der Waals surface area (Å²) in [5.41, 5.74) is 2.50. The molecule has 1 aliphatic rings. The number of fused-ring (bicyclic) bond motifs is 1. The zero-order valence-electron chi connectivity index (χ0n) is 13.1. The first-order chi connectivity index (χ1) is 12.1. The SMILES string of the molecule is O=Nc1ccc(C2(c3ccc(O)cc3)NC(=O)c3ccccc32)cc1. The highest BCUT2D eigenvalue weighted by molar-refractivity contribution is 6.01. The highest BCUT2D eigenvalue weighted by Gasteiger charge is 2.45. The van der Waals surface area contributed by atoms with Gasteiger partial charge in [0.05, 0.1) is 0 Å². The van der Waals surface area contributed by atoms with Crippen LogP contribution in [0, 0.1) is 4.91 Å². The van der Waals surface area contributed by atoms with E-state index >= 15 is 0 Å². The van der Waals surface area contributed by atoms with Crippen molar-refractivity contribution in [3.05, 3.63) is 100.0 Å². The normalized spacial score (nSPS) is 18.5. The van der Waals surface area contributed by atoms with Crippen LogP contribution in [-0.2, 0) is 5.54 Å². The van der Waals surface area contributed by atoms with Gasteiger partial charge in [-0.1, -0.05) is 42.5 Å². The van der Waals surface area contributed by atoms with E-state index in [-0.39, 0.29) is 11.7 Å². The molecule has 3 aromatic carbocycles. The third-order valence-electron chi connectivity index (χ3n) is 4.58. The number of carbonyl (C=O) groups excluding carboxylic acids is 1. The molecule has 5 nitrogen and oxygen atoms in total. The number of hydrogen-bond acceptors (Lipinski definition) is 4. The molecule has 0 fully saturated rings. The summed E-state index contributed by atoms with van der Waals surface area (Å²) in [5.74, 6) is -0.0155. The second-order valence-electron chi connectivity index (χ2n) is 5.93. The summed E-state index contributed by atoms with van der Waals surface area (Å²) < 4.78 is 0. The Balaban J connectivity index is 2.01. The van der Waals surface area contributed by atoms with E-state index in [9.17, 15) is 14.8 Å². The monoisotopic (exact) mass is 330 g/mol. The molecule has 0 spiro atoms. The number of amides is 1. The van der Waals surface area contributed by atoms with E-state index in [1.165, 1.54) is 0 Å². The molecule has 1 atom stereocenters. The van der Waals surface area contributed by atoms with Gasteiger partial charge >= 0.3 is 0 Å². The van der Waals surface area contributed by atoms with Crippen molar-refractivity contribution in [2.45, 2.75) is 5.54 Å². The fourth-order valence-corrected chi connectivity index (χ4v) is 3.42. The van der Waals surface area contributed by atoms with Crippen molar-refractivity contribution < 1.29 is 9.90 Å². The number of carbonyl (C=O) groups is 1. The molecule has 1 unspecified atom stereocenters. The molecule has 0 aliphatic carbocycles. The third kappa shape index (κ3) is 2.21. The molecule has 1 aliphatic heterocycles. The molecule has 122 valence electrons. The summed E-state index contributed by atoms with van der Waals surface area (Å²) >= 11 is 0. The first-order valence-electron chi connectivity index (χ1n) is 7.80. The molecule has 3 aromatic rings. The molecule has 0 bridgehead atoms. The molecular weight excluding hydrogens is 316 g/mol. The van der Waals surface area contributed by atoms with Crippen LogP contribution in [-0.4, -0.2) is 11.0 Å². The summed E-state index contributed by atoms with van der Waals surface area (Å²) in [7, 11) is 0. The number of aromatic hydroxyl groups is 1. The van der Waals surface area contributed by atoms with Crippen LogP contribution in [0.25, 0.3) is 0 Å². The van der Waals surface area contributed by atoms with E-state index in [2.05, 4.69) is 10.5 Å². The Morgan fingerprint density at radius 3 is 2.08 bits per heavy atom. The minimum absolute atomic E-state index is 0.150. The first-order valence-corrected chi connectivity index (χ1v) is 7.80. The number of nitrogens with zero attached hydrogens (tertiary/aromatic N) is 1. The van der Waals surface area contributed by atoms with Gasteiger partial charge in [-0.2, -0.15) is 0 Å². The molecule has 0 aromatic heterocycles. The van der Waals surface area contributed by atoms with E-state index in [0.29, 0.717) is 11.3 Å². The average molecular weight is 330 g/mol. The number of hydrogen-bond donors (Lipinski definition) is 2. The molecule has 1 heterocycles. The Morgan fingerprint density at radius 1 is 0.840 bits per heavy atom. The molecule has 5 heteroatoms. The van der Waals surface area contributed by atoms with Crippen molar-refractivity contribution in [3.8, 4) is 5.75 Å². The molecule has 1 amide bonds. The Labute approximate surface area is 143 Å². The summed E-state index contributed by atoms with van der Waals surface area (Å²) in [6.45, 7) is 0. The number of benzene rings is 3. The maximum Gasteiger partial charge on any atom is 0.252 e. The second-order valence-corrected chi connectivity index (χ2v) is 5.93. The second kappa shape index (κ2) is 5.56. The van der Waals surface area contributed by atoms with Crippen molar-refractivity contribution in [3.63, 3.8) is 0 Å². The van der Waals surface area contributed by atoms with Crippen LogP contribution >= 0.6 is 0 Å². The van der Waals surface area contributed by atoms with E-state index in [4.69, 9.17) is 0 Å². The maximum atomic E-state index is 12.6. The lowest BCUT2D eigenvalue weighted by Gasteiger charge is -2.32. The topological polar surface area (TPSA) is 78.8 Å². The molecular formula is C20H14N2O3. The van der Waals surface area contributed by atoms with Crippen molar-refractivity contribution in [2.24, 2.45) is 5.18 Å². The predicted octanol–water partition coefficient (Wildman–Crippen LogP) is 3.83. The largest absolute Gasteiger partial charge is 0.508 e.